The molecule has 0 aromatic carbocycles. The number of amides is 3. The van der Waals surface area contributed by atoms with Gasteiger partial charge in [0.1, 0.15) is 12.1 Å². The van der Waals surface area contributed by atoms with Crippen LogP contribution in [0.15, 0.2) is 0 Å². The summed E-state index contributed by atoms with van der Waals surface area (Å²) in [6.45, 7) is 2.09. The fourth-order valence-electron chi connectivity index (χ4n) is 2.05. The van der Waals surface area contributed by atoms with Crippen molar-refractivity contribution >= 4 is 35.5 Å². The van der Waals surface area contributed by atoms with Gasteiger partial charge in [-0.1, -0.05) is 0 Å². The number of aliphatic hydroxyl groups excluding tert-OH is 2. The van der Waals surface area contributed by atoms with Gasteiger partial charge in [0.15, 0.2) is 6.04 Å². The summed E-state index contributed by atoms with van der Waals surface area (Å²) in [6.07, 6.45) is -0.676. The summed E-state index contributed by atoms with van der Waals surface area (Å²) in [5, 5.41) is 35.1. The van der Waals surface area contributed by atoms with E-state index in [1.54, 1.807) is 0 Å². The molecule has 12 heteroatoms. The summed E-state index contributed by atoms with van der Waals surface area (Å²) in [7, 11) is 0. The molecule has 0 fully saturated rings. The van der Waals surface area contributed by atoms with Gasteiger partial charge in [0, 0.05) is 0 Å². The molecule has 3 amide bonds. The Balaban J connectivity index is 5.22. The number of aliphatic carboxylic acids is 1. The van der Waals surface area contributed by atoms with Crippen LogP contribution in [0.3, 0.4) is 0 Å². The lowest BCUT2D eigenvalue weighted by Gasteiger charge is -2.26. The Hall–Kier alpha value is -1.89. The number of aliphatic hydroxyl groups is 2. The fourth-order valence-corrected chi connectivity index (χ4v) is 2.52. The zero-order chi connectivity index (χ0) is 21.1. The van der Waals surface area contributed by atoms with Crippen molar-refractivity contribution in [2.75, 3.05) is 18.6 Å². The Bertz CT molecular complexity index is 530. The Labute approximate surface area is 161 Å². The predicted molar refractivity (Wildman–Crippen MR) is 98.8 cm³/mol. The maximum Gasteiger partial charge on any atom is 0.328 e. The number of hydrogen-bond donors (Lipinski definition) is 7. The van der Waals surface area contributed by atoms with E-state index in [4.69, 9.17) is 10.8 Å². The van der Waals surface area contributed by atoms with Crippen LogP contribution in [0.2, 0.25) is 0 Å². The summed E-state index contributed by atoms with van der Waals surface area (Å²) in [4.78, 5) is 47.3. The first-order valence-corrected chi connectivity index (χ1v) is 9.62. The molecule has 0 heterocycles. The molecule has 11 nitrogen and oxygen atoms in total. The average Bonchev–Trinajstić information content (AvgIpc) is 2.59. The molecule has 27 heavy (non-hydrogen) atoms. The Morgan fingerprint density at radius 2 is 1.48 bits per heavy atom. The first-order chi connectivity index (χ1) is 12.5. The number of hydrogen-bond acceptors (Lipinski definition) is 8. The summed E-state index contributed by atoms with van der Waals surface area (Å²) in [6, 6.07) is -4.07. The zero-order valence-electron chi connectivity index (χ0n) is 15.5. The lowest BCUT2D eigenvalue weighted by molar-refractivity contribution is -0.146. The topological polar surface area (TPSA) is 191 Å². The fraction of sp³-hybridized carbons (Fsp3) is 0.733. The molecule has 5 unspecified atom stereocenters. The van der Waals surface area contributed by atoms with Crippen molar-refractivity contribution < 1.29 is 34.5 Å². The van der Waals surface area contributed by atoms with E-state index in [1.807, 2.05) is 6.26 Å². The van der Waals surface area contributed by atoms with E-state index in [9.17, 15) is 29.4 Å². The normalized spacial score (nSPS) is 16.4. The molecule has 0 aromatic heterocycles. The van der Waals surface area contributed by atoms with Crippen molar-refractivity contribution in [1.82, 2.24) is 16.0 Å². The van der Waals surface area contributed by atoms with Gasteiger partial charge in [-0.25, -0.2) is 4.79 Å². The van der Waals surface area contributed by atoms with Gasteiger partial charge in [-0.15, -0.1) is 0 Å². The standard InChI is InChI=1S/C15H28N4O7S/c1-7(20)11(14(24)19-12(8(2)21)15(25)26)18-13(23)9(4-5-27-3)17-10(22)6-16/h7-9,11-12,20-21H,4-6,16H2,1-3H3,(H,17,22)(H,18,23)(H,19,24)(H,25,26). The molecule has 0 radical (unpaired) electrons. The summed E-state index contributed by atoms with van der Waals surface area (Å²) in [5.74, 6) is -3.20. The number of nitrogens with one attached hydrogen (secondary N) is 3. The molecule has 0 aliphatic rings. The second kappa shape index (κ2) is 12.5. The largest absolute Gasteiger partial charge is 0.480 e. The SMILES string of the molecule is CSCCC(NC(=O)CN)C(=O)NC(C(=O)NC(C(=O)O)C(C)O)C(C)O. The molecular formula is C15H28N4O7S. The molecule has 0 aromatic rings. The highest BCUT2D eigenvalue weighted by molar-refractivity contribution is 7.98. The Kier molecular flexibility index (Phi) is 11.6. The molecule has 0 bridgehead atoms. The quantitative estimate of drug-likeness (QED) is 0.176. The highest BCUT2D eigenvalue weighted by Crippen LogP contribution is 2.04. The molecule has 0 rings (SSSR count). The molecule has 156 valence electrons. The lowest BCUT2D eigenvalue weighted by atomic mass is 10.1. The van der Waals surface area contributed by atoms with E-state index in [1.165, 1.54) is 25.6 Å². The van der Waals surface area contributed by atoms with Crippen LogP contribution in [0.1, 0.15) is 20.3 Å². The number of thioether (sulfide) groups is 1. The third-order valence-corrected chi connectivity index (χ3v) is 4.20. The highest BCUT2D eigenvalue weighted by atomic mass is 32.2. The van der Waals surface area contributed by atoms with E-state index < -0.39 is 54.0 Å². The average molecular weight is 408 g/mol. The van der Waals surface area contributed by atoms with Crippen LogP contribution < -0.4 is 21.7 Å². The maximum atomic E-state index is 12.4. The number of rotatable bonds is 12. The summed E-state index contributed by atoms with van der Waals surface area (Å²) >= 11 is 1.44. The molecule has 8 N–H and O–H groups in total. The van der Waals surface area contributed by atoms with Gasteiger partial charge in [0.05, 0.1) is 18.8 Å². The van der Waals surface area contributed by atoms with Crippen molar-refractivity contribution in [2.45, 2.75) is 50.6 Å². The van der Waals surface area contributed by atoms with Crippen molar-refractivity contribution in [3.63, 3.8) is 0 Å². The molecule has 0 saturated heterocycles. The van der Waals surface area contributed by atoms with Crippen LogP contribution in [0.25, 0.3) is 0 Å². The van der Waals surface area contributed by atoms with Gasteiger partial charge < -0.3 is 37.0 Å². The third kappa shape index (κ3) is 9.04. The number of carboxylic acid groups (broad SMARTS) is 1. The van der Waals surface area contributed by atoms with E-state index in [0.29, 0.717) is 5.75 Å². The van der Waals surface area contributed by atoms with Gasteiger partial charge in [-0.2, -0.15) is 11.8 Å². The minimum absolute atomic E-state index is 0.262. The molecule has 0 aliphatic carbocycles. The number of carbonyl (C=O) groups excluding carboxylic acids is 3. The van der Waals surface area contributed by atoms with Crippen LogP contribution in [0.5, 0.6) is 0 Å². The monoisotopic (exact) mass is 408 g/mol. The van der Waals surface area contributed by atoms with Gasteiger partial charge in [0.25, 0.3) is 0 Å². The molecule has 5 atom stereocenters. The molecule has 0 aliphatic heterocycles. The van der Waals surface area contributed by atoms with Crippen molar-refractivity contribution in [3.05, 3.63) is 0 Å². The van der Waals surface area contributed by atoms with E-state index >= 15 is 0 Å². The molecule has 0 spiro atoms. The second-order valence-corrected chi connectivity index (χ2v) is 6.88. The third-order valence-electron chi connectivity index (χ3n) is 3.56. The van der Waals surface area contributed by atoms with Crippen molar-refractivity contribution in [2.24, 2.45) is 5.73 Å². The molecule has 0 saturated carbocycles. The summed E-state index contributed by atoms with van der Waals surface area (Å²) < 4.78 is 0. The Morgan fingerprint density at radius 1 is 0.963 bits per heavy atom. The van der Waals surface area contributed by atoms with Gasteiger partial charge >= 0.3 is 5.97 Å². The lowest BCUT2D eigenvalue weighted by Crippen LogP contribution is -2.60. The number of carboxylic acids is 1. The van der Waals surface area contributed by atoms with Crippen LogP contribution in [0, 0.1) is 0 Å². The highest BCUT2D eigenvalue weighted by Gasteiger charge is 2.33. The first-order valence-electron chi connectivity index (χ1n) is 8.23. The number of carbonyl (C=O) groups is 4. The first kappa shape index (κ1) is 25.1. The van der Waals surface area contributed by atoms with E-state index in [2.05, 4.69) is 16.0 Å². The van der Waals surface area contributed by atoms with Crippen LogP contribution in [-0.4, -0.2) is 87.9 Å². The molecular weight excluding hydrogens is 380 g/mol. The Morgan fingerprint density at radius 3 is 1.89 bits per heavy atom. The minimum Gasteiger partial charge on any atom is -0.480 e. The summed E-state index contributed by atoms with van der Waals surface area (Å²) in [5.41, 5.74) is 5.23. The minimum atomic E-state index is -1.61. The second-order valence-electron chi connectivity index (χ2n) is 5.90. The zero-order valence-corrected chi connectivity index (χ0v) is 16.3. The van der Waals surface area contributed by atoms with Crippen LogP contribution >= 0.6 is 11.8 Å². The smallest absolute Gasteiger partial charge is 0.328 e. The van der Waals surface area contributed by atoms with Crippen LogP contribution in [0.4, 0.5) is 0 Å². The van der Waals surface area contributed by atoms with Gasteiger partial charge in [-0.3, -0.25) is 14.4 Å². The van der Waals surface area contributed by atoms with Crippen molar-refractivity contribution in [1.29, 1.82) is 0 Å². The van der Waals surface area contributed by atoms with Gasteiger partial charge in [0.2, 0.25) is 17.7 Å². The number of nitrogens with two attached hydrogens (primary N) is 1. The van der Waals surface area contributed by atoms with E-state index in [-0.39, 0.29) is 13.0 Å². The predicted octanol–water partition coefficient (Wildman–Crippen LogP) is -3.00. The van der Waals surface area contributed by atoms with E-state index in [0.717, 1.165) is 0 Å². The maximum absolute atomic E-state index is 12.4. The van der Waals surface area contributed by atoms with Gasteiger partial charge in [-0.05, 0) is 32.3 Å². The van der Waals surface area contributed by atoms with Crippen molar-refractivity contribution in [3.8, 4) is 0 Å². The van der Waals surface area contributed by atoms with Crippen LogP contribution in [-0.2, 0) is 19.2 Å².